The van der Waals surface area contributed by atoms with Crippen LogP contribution in [0.1, 0.15) is 38.2 Å². The third kappa shape index (κ3) is 2.99. The van der Waals surface area contributed by atoms with E-state index >= 15 is 0 Å². The van der Waals surface area contributed by atoms with Crippen LogP contribution in [0.5, 0.6) is 0 Å². The van der Waals surface area contributed by atoms with Gasteiger partial charge in [-0.25, -0.2) is 0 Å². The van der Waals surface area contributed by atoms with Crippen molar-refractivity contribution >= 4 is 19.4 Å². The summed E-state index contributed by atoms with van der Waals surface area (Å²) < 4.78 is 0. The fraction of sp³-hybridized carbons (Fsp3) is 0.278. The lowest BCUT2D eigenvalue weighted by atomic mass is 10.0. The van der Waals surface area contributed by atoms with Crippen molar-refractivity contribution in [2.24, 2.45) is 0 Å². The fourth-order valence-corrected chi connectivity index (χ4v) is 4.03. The molecule has 0 N–H and O–H groups in total. The molecule has 0 aromatic heterocycles. The number of carbonyl (C=O) groups is 1. The van der Waals surface area contributed by atoms with Crippen molar-refractivity contribution < 1.29 is 4.79 Å². The van der Waals surface area contributed by atoms with Gasteiger partial charge in [0.25, 0.3) is 0 Å². The van der Waals surface area contributed by atoms with E-state index in [0.29, 0.717) is 0 Å². The minimum Gasteiger partial charge on any atom is -0.289 e. The van der Waals surface area contributed by atoms with E-state index < -0.39 is 0 Å². The maximum Gasteiger partial charge on any atom is 0.186 e. The Labute approximate surface area is 123 Å². The molecule has 1 nitrogen and oxygen atoms in total. The number of rotatable bonds is 3. The summed E-state index contributed by atoms with van der Waals surface area (Å²) in [6.07, 6.45) is 0. The molecule has 1 atom stereocenters. The van der Waals surface area contributed by atoms with Crippen LogP contribution in [-0.4, -0.2) is 5.52 Å². The first-order chi connectivity index (χ1) is 9.40. The summed E-state index contributed by atoms with van der Waals surface area (Å²) in [6.45, 7) is 10.3. The molecule has 0 saturated carbocycles. The van der Waals surface area contributed by atoms with Crippen LogP contribution in [0.25, 0.3) is 0 Å². The first-order valence-corrected chi connectivity index (χ1v) is 7.85. The summed E-state index contributed by atoms with van der Waals surface area (Å²) in [5.41, 5.74) is 6.96. The Balaban J connectivity index is 2.39. The van der Waals surface area contributed by atoms with Gasteiger partial charge in [0.2, 0.25) is 0 Å². The van der Waals surface area contributed by atoms with Gasteiger partial charge < -0.3 is 0 Å². The van der Waals surface area contributed by atoms with Crippen molar-refractivity contribution in [3.8, 4) is 0 Å². The van der Waals surface area contributed by atoms with E-state index in [1.165, 1.54) is 22.0 Å². The summed E-state index contributed by atoms with van der Waals surface area (Å²) in [5, 5.41) is 1.19. The van der Waals surface area contributed by atoms with Crippen LogP contribution >= 0.6 is 8.58 Å². The van der Waals surface area contributed by atoms with Gasteiger partial charge in [-0.2, -0.15) is 0 Å². The molecule has 0 saturated heterocycles. The van der Waals surface area contributed by atoms with Gasteiger partial charge in [0.05, 0.1) is 0 Å². The lowest BCUT2D eigenvalue weighted by molar-refractivity contribution is 0.108. The molecule has 0 amide bonds. The molecule has 20 heavy (non-hydrogen) atoms. The highest BCUT2D eigenvalue weighted by Gasteiger charge is 2.15. The second-order valence-electron chi connectivity index (χ2n) is 5.49. The SMILES string of the molecule is Cc1cc(C)c(C(=O)Pc2c(C)cccc2C)c(C)c1. The van der Waals surface area contributed by atoms with Crippen molar-refractivity contribution in [3.63, 3.8) is 0 Å². The van der Waals surface area contributed by atoms with Gasteiger partial charge in [-0.05, 0) is 70.8 Å². The molecule has 0 radical (unpaired) electrons. The highest BCUT2D eigenvalue weighted by molar-refractivity contribution is 7.66. The lowest BCUT2D eigenvalue weighted by Crippen LogP contribution is -2.10. The average molecular weight is 284 g/mol. The summed E-state index contributed by atoms with van der Waals surface area (Å²) >= 11 is 0. The van der Waals surface area contributed by atoms with Crippen LogP contribution < -0.4 is 5.30 Å². The molecule has 0 fully saturated rings. The molecule has 0 spiro atoms. The van der Waals surface area contributed by atoms with Crippen LogP contribution in [0, 0.1) is 34.6 Å². The highest BCUT2D eigenvalue weighted by Crippen LogP contribution is 2.27. The molecule has 0 bridgehead atoms. The molecule has 2 aromatic rings. The van der Waals surface area contributed by atoms with Crippen LogP contribution in [0.4, 0.5) is 0 Å². The van der Waals surface area contributed by atoms with Gasteiger partial charge in [0.15, 0.2) is 5.52 Å². The van der Waals surface area contributed by atoms with Gasteiger partial charge in [-0.3, -0.25) is 4.79 Å². The van der Waals surface area contributed by atoms with Crippen molar-refractivity contribution in [1.29, 1.82) is 0 Å². The van der Waals surface area contributed by atoms with E-state index in [0.717, 1.165) is 16.7 Å². The molecule has 1 unspecified atom stereocenters. The van der Waals surface area contributed by atoms with Crippen LogP contribution in [0.15, 0.2) is 30.3 Å². The molecule has 0 aliphatic carbocycles. The Bertz CT molecular complexity index is 628. The Hall–Kier alpha value is -1.46. The quantitative estimate of drug-likeness (QED) is 0.765. The third-order valence-corrected chi connectivity index (χ3v) is 5.14. The van der Waals surface area contributed by atoms with Crippen LogP contribution in [-0.2, 0) is 0 Å². The number of hydrogen-bond donors (Lipinski definition) is 0. The van der Waals surface area contributed by atoms with Crippen LogP contribution in [0.2, 0.25) is 0 Å². The number of carbonyl (C=O) groups excluding carboxylic acids is 1. The molecule has 0 heterocycles. The second-order valence-corrected chi connectivity index (χ2v) is 6.70. The molecule has 2 rings (SSSR count). The average Bonchev–Trinajstić information content (AvgIpc) is 2.32. The number of hydrogen-bond acceptors (Lipinski definition) is 1. The summed E-state index contributed by atoms with van der Waals surface area (Å²) in [5.74, 6) is 0. The van der Waals surface area contributed by atoms with E-state index in [4.69, 9.17) is 0 Å². The summed E-state index contributed by atoms with van der Waals surface area (Å²) in [7, 11) is 0.204. The Morgan fingerprint density at radius 1 is 0.850 bits per heavy atom. The van der Waals surface area contributed by atoms with E-state index in [2.05, 4.69) is 45.0 Å². The first kappa shape index (κ1) is 14.9. The topological polar surface area (TPSA) is 17.1 Å². The fourth-order valence-electron chi connectivity index (χ4n) is 2.73. The van der Waals surface area contributed by atoms with Gasteiger partial charge in [0.1, 0.15) is 0 Å². The molecule has 0 aliphatic rings. The predicted molar refractivity (Wildman–Crippen MR) is 88.8 cm³/mol. The Kier molecular flexibility index (Phi) is 4.40. The van der Waals surface area contributed by atoms with Crippen molar-refractivity contribution in [2.75, 3.05) is 0 Å². The van der Waals surface area contributed by atoms with E-state index in [1.54, 1.807) is 0 Å². The largest absolute Gasteiger partial charge is 0.289 e. The summed E-state index contributed by atoms with van der Waals surface area (Å²) in [4.78, 5) is 12.7. The number of benzene rings is 2. The minimum atomic E-state index is 0.204. The Morgan fingerprint density at radius 2 is 1.35 bits per heavy atom. The predicted octanol–water partition coefficient (Wildman–Crippen LogP) is 4.37. The van der Waals surface area contributed by atoms with Crippen molar-refractivity contribution in [3.05, 3.63) is 63.7 Å². The van der Waals surface area contributed by atoms with Gasteiger partial charge in [-0.1, -0.05) is 35.9 Å². The maximum absolute atomic E-state index is 12.7. The second kappa shape index (κ2) is 5.89. The molecule has 2 aromatic carbocycles. The zero-order valence-corrected chi connectivity index (χ0v) is 13.8. The van der Waals surface area contributed by atoms with Gasteiger partial charge in [0, 0.05) is 5.56 Å². The highest BCUT2D eigenvalue weighted by atomic mass is 31.1. The standard InChI is InChI=1S/C18H21OP/c1-11-9-14(4)16(15(5)10-11)18(19)20-17-12(2)7-6-8-13(17)3/h6-10,20H,1-5H3. The molecule has 2 heteroatoms. The van der Waals surface area contributed by atoms with E-state index in [1.807, 2.05) is 19.9 Å². The first-order valence-electron chi connectivity index (χ1n) is 6.85. The monoisotopic (exact) mass is 284 g/mol. The molecule has 104 valence electrons. The molecular weight excluding hydrogens is 263 g/mol. The zero-order valence-electron chi connectivity index (χ0n) is 12.8. The normalized spacial score (nSPS) is 11.2. The Morgan fingerprint density at radius 3 is 1.85 bits per heavy atom. The van der Waals surface area contributed by atoms with E-state index in [-0.39, 0.29) is 14.1 Å². The van der Waals surface area contributed by atoms with Crippen molar-refractivity contribution in [2.45, 2.75) is 34.6 Å². The van der Waals surface area contributed by atoms with Gasteiger partial charge in [-0.15, -0.1) is 0 Å². The summed E-state index contributed by atoms with van der Waals surface area (Å²) in [6, 6.07) is 10.4. The van der Waals surface area contributed by atoms with Crippen LogP contribution in [0.3, 0.4) is 0 Å². The lowest BCUT2D eigenvalue weighted by Gasteiger charge is -2.13. The van der Waals surface area contributed by atoms with Crippen molar-refractivity contribution in [1.82, 2.24) is 0 Å². The third-order valence-electron chi connectivity index (χ3n) is 3.62. The van der Waals surface area contributed by atoms with Gasteiger partial charge >= 0.3 is 0 Å². The molecule has 0 aliphatic heterocycles. The zero-order chi connectivity index (χ0) is 14.9. The molecular formula is C18H21OP. The maximum atomic E-state index is 12.7. The number of aryl methyl sites for hydroxylation is 5. The minimum absolute atomic E-state index is 0.204. The van der Waals surface area contributed by atoms with E-state index in [9.17, 15) is 4.79 Å². The smallest absolute Gasteiger partial charge is 0.186 e.